The second kappa shape index (κ2) is 18.9. The third kappa shape index (κ3) is 52.8. The second-order valence-electron chi connectivity index (χ2n) is 5.34. The SMILES string of the molecule is CC(=O)/C=C(/C)[O-].CC(=O)/C=C(/C)[O-].CN(C)CCN(C)C.[Co+2]. The van der Waals surface area contributed by atoms with E-state index in [9.17, 15) is 19.8 Å². The summed E-state index contributed by atoms with van der Waals surface area (Å²) < 4.78 is 0. The van der Waals surface area contributed by atoms with Crippen LogP contribution in [0, 0.1) is 0 Å². The van der Waals surface area contributed by atoms with Gasteiger partial charge in [-0.2, -0.15) is 0 Å². The predicted octanol–water partition coefficient (Wildman–Crippen LogP) is -0.214. The maximum atomic E-state index is 9.98. The molecule has 0 aromatic carbocycles. The Morgan fingerprint density at radius 1 is 0.739 bits per heavy atom. The van der Waals surface area contributed by atoms with Crippen molar-refractivity contribution in [3.63, 3.8) is 0 Å². The molecule has 1 radical (unpaired) electrons. The molecule has 0 fully saturated rings. The van der Waals surface area contributed by atoms with Crippen LogP contribution < -0.4 is 10.2 Å². The molecule has 0 saturated carbocycles. The topological polar surface area (TPSA) is 86.7 Å². The molecule has 0 aliphatic heterocycles. The van der Waals surface area contributed by atoms with Crippen LogP contribution >= 0.6 is 0 Å². The monoisotopic (exact) mass is 373 g/mol. The average molecular weight is 373 g/mol. The molecule has 0 heterocycles. The molecule has 0 aromatic heterocycles. The van der Waals surface area contributed by atoms with Crippen molar-refractivity contribution < 1.29 is 36.6 Å². The molecule has 0 atom stereocenters. The molecule has 0 aliphatic rings. The van der Waals surface area contributed by atoms with Gasteiger partial charge in [0.25, 0.3) is 0 Å². The van der Waals surface area contributed by atoms with E-state index in [-0.39, 0.29) is 39.9 Å². The van der Waals surface area contributed by atoms with Gasteiger partial charge in [-0.25, -0.2) is 0 Å². The van der Waals surface area contributed by atoms with Gasteiger partial charge in [-0.05, 0) is 54.2 Å². The van der Waals surface area contributed by atoms with Crippen molar-refractivity contribution in [1.82, 2.24) is 9.80 Å². The van der Waals surface area contributed by atoms with Crippen LogP contribution in [0.3, 0.4) is 0 Å². The summed E-state index contributed by atoms with van der Waals surface area (Å²) in [5.74, 6) is -0.750. The van der Waals surface area contributed by atoms with Gasteiger partial charge < -0.3 is 20.0 Å². The molecule has 0 saturated heterocycles. The number of allylic oxidation sites excluding steroid dienone is 4. The molecule has 0 rings (SSSR count). The molecule has 0 N–H and O–H groups in total. The standard InChI is InChI=1S/C6H16N2.2C5H8O2.Co/c1-7(2)5-6-8(3)4;2*1-4(6)3-5(2)7;/h5-6H2,1-4H3;2*3,6H,1-2H3;/q;;;+2/p-2/b;2*4-3-;. The smallest absolute Gasteiger partial charge is 0.876 e. The minimum absolute atomic E-state index is 0. The summed E-state index contributed by atoms with van der Waals surface area (Å²) in [4.78, 5) is 24.3. The number of likely N-dealkylation sites (N-methyl/N-ethyl adjacent to an activating group) is 2. The van der Waals surface area contributed by atoms with Crippen molar-refractivity contribution in [2.45, 2.75) is 27.7 Å². The number of ketones is 2. The van der Waals surface area contributed by atoms with Crippen molar-refractivity contribution in [3.05, 3.63) is 23.7 Å². The van der Waals surface area contributed by atoms with Crippen LogP contribution in [0.1, 0.15) is 27.7 Å². The van der Waals surface area contributed by atoms with Crippen LogP contribution in [-0.2, 0) is 26.4 Å². The summed E-state index contributed by atoms with van der Waals surface area (Å²) in [6, 6.07) is 0. The van der Waals surface area contributed by atoms with Gasteiger partial charge in [0.2, 0.25) is 0 Å². The largest absolute Gasteiger partial charge is 2.00 e. The zero-order valence-electron chi connectivity index (χ0n) is 15.4. The van der Waals surface area contributed by atoms with Gasteiger partial charge in [0.05, 0.1) is 0 Å². The molecular formula is C16H30CoN2O4. The number of carbonyl (C=O) groups is 2. The fourth-order valence-corrected chi connectivity index (χ4v) is 0.972. The van der Waals surface area contributed by atoms with Gasteiger partial charge in [0.1, 0.15) is 0 Å². The molecule has 0 spiro atoms. The molecule has 6 nitrogen and oxygen atoms in total. The summed E-state index contributed by atoms with van der Waals surface area (Å²) in [5.41, 5.74) is 0. The molecule has 0 aliphatic carbocycles. The minimum Gasteiger partial charge on any atom is -0.876 e. The Kier molecular flexibility index (Phi) is 24.5. The summed E-state index contributed by atoms with van der Waals surface area (Å²) in [6.07, 6.45) is 2.11. The quantitative estimate of drug-likeness (QED) is 0.490. The van der Waals surface area contributed by atoms with Gasteiger partial charge >= 0.3 is 16.8 Å². The molecule has 0 bridgehead atoms. The van der Waals surface area contributed by atoms with E-state index in [1.165, 1.54) is 27.7 Å². The van der Waals surface area contributed by atoms with Crippen LogP contribution in [0.15, 0.2) is 23.7 Å². The molecule has 137 valence electrons. The third-order valence-electron chi connectivity index (χ3n) is 1.81. The molecule has 0 aromatic rings. The van der Waals surface area contributed by atoms with Crippen molar-refractivity contribution in [1.29, 1.82) is 0 Å². The van der Waals surface area contributed by atoms with Crippen molar-refractivity contribution in [2.24, 2.45) is 0 Å². The van der Waals surface area contributed by atoms with E-state index in [4.69, 9.17) is 0 Å². The van der Waals surface area contributed by atoms with E-state index in [0.29, 0.717) is 0 Å². The number of nitrogens with zero attached hydrogens (tertiary/aromatic N) is 2. The van der Waals surface area contributed by atoms with E-state index in [0.717, 1.165) is 25.2 Å². The van der Waals surface area contributed by atoms with E-state index >= 15 is 0 Å². The summed E-state index contributed by atoms with van der Waals surface area (Å²) in [5, 5.41) is 20.0. The van der Waals surface area contributed by atoms with Crippen LogP contribution in [0.4, 0.5) is 0 Å². The first-order valence-corrected chi connectivity index (χ1v) is 6.89. The number of hydrogen-bond acceptors (Lipinski definition) is 6. The maximum absolute atomic E-state index is 9.98. The number of carbonyl (C=O) groups excluding carboxylic acids is 2. The van der Waals surface area contributed by atoms with Crippen LogP contribution in [-0.4, -0.2) is 62.6 Å². The molecule has 0 amide bonds. The fraction of sp³-hybridized carbons (Fsp3) is 0.625. The van der Waals surface area contributed by atoms with Gasteiger partial charge in [0, 0.05) is 13.1 Å². The fourth-order valence-electron chi connectivity index (χ4n) is 0.972. The molecule has 23 heavy (non-hydrogen) atoms. The Morgan fingerprint density at radius 2 is 0.957 bits per heavy atom. The molecular weight excluding hydrogens is 343 g/mol. The van der Waals surface area contributed by atoms with Crippen molar-refractivity contribution >= 4 is 11.6 Å². The molecule has 7 heteroatoms. The zero-order valence-corrected chi connectivity index (χ0v) is 16.5. The zero-order chi connectivity index (χ0) is 18.3. The Labute approximate surface area is 151 Å². The summed E-state index contributed by atoms with van der Waals surface area (Å²) in [6.45, 7) is 7.69. The summed E-state index contributed by atoms with van der Waals surface area (Å²) >= 11 is 0. The first-order chi connectivity index (χ1) is 9.88. The van der Waals surface area contributed by atoms with Crippen LogP contribution in [0.25, 0.3) is 0 Å². The van der Waals surface area contributed by atoms with E-state index in [1.807, 2.05) is 0 Å². The Balaban J connectivity index is -0.000000116. The van der Waals surface area contributed by atoms with E-state index in [1.54, 1.807) is 0 Å². The van der Waals surface area contributed by atoms with Crippen LogP contribution in [0.2, 0.25) is 0 Å². The van der Waals surface area contributed by atoms with E-state index < -0.39 is 0 Å². The Bertz CT molecular complexity index is 334. The van der Waals surface area contributed by atoms with Crippen molar-refractivity contribution in [3.8, 4) is 0 Å². The Morgan fingerprint density at radius 3 is 1.00 bits per heavy atom. The maximum Gasteiger partial charge on any atom is 2.00 e. The van der Waals surface area contributed by atoms with Gasteiger partial charge in [-0.3, -0.25) is 9.59 Å². The van der Waals surface area contributed by atoms with Gasteiger partial charge in [0.15, 0.2) is 11.6 Å². The van der Waals surface area contributed by atoms with E-state index in [2.05, 4.69) is 38.0 Å². The van der Waals surface area contributed by atoms with Crippen molar-refractivity contribution in [2.75, 3.05) is 41.3 Å². The second-order valence-corrected chi connectivity index (χ2v) is 5.34. The average Bonchev–Trinajstić information content (AvgIpc) is 2.23. The minimum atomic E-state index is -0.187. The number of rotatable bonds is 5. The van der Waals surface area contributed by atoms with Gasteiger partial charge in [-0.1, -0.05) is 13.8 Å². The third-order valence-corrected chi connectivity index (χ3v) is 1.81. The normalized spacial score (nSPS) is 10.9. The Hall–Kier alpha value is -1.15. The molecule has 0 unspecified atom stereocenters. The summed E-state index contributed by atoms with van der Waals surface area (Å²) in [7, 11) is 8.35. The van der Waals surface area contributed by atoms with Crippen LogP contribution in [0.5, 0.6) is 0 Å². The number of hydrogen-bond donors (Lipinski definition) is 0. The van der Waals surface area contributed by atoms with Gasteiger partial charge in [-0.15, -0.1) is 11.5 Å². The predicted molar refractivity (Wildman–Crippen MR) is 86.0 cm³/mol. The first kappa shape index (κ1) is 29.8. The first-order valence-electron chi connectivity index (χ1n) is 6.89.